The van der Waals surface area contributed by atoms with Crippen molar-refractivity contribution in [1.29, 1.82) is 0 Å². The molecule has 0 bridgehead atoms. The van der Waals surface area contributed by atoms with Gasteiger partial charge < -0.3 is 0 Å². The van der Waals surface area contributed by atoms with E-state index in [9.17, 15) is 0 Å². The summed E-state index contributed by atoms with van der Waals surface area (Å²) in [7, 11) is 0. The monoisotopic (exact) mass is 555 g/mol. The van der Waals surface area contributed by atoms with Crippen molar-refractivity contribution < 1.29 is 0 Å². The van der Waals surface area contributed by atoms with Crippen molar-refractivity contribution >= 4 is 0 Å². The second-order valence-electron chi connectivity index (χ2n) is 15.6. The Kier molecular flexibility index (Phi) is 20.4. The lowest BCUT2D eigenvalue weighted by atomic mass is 9.86. The molecule has 0 saturated carbocycles. The summed E-state index contributed by atoms with van der Waals surface area (Å²) in [5.74, 6) is 6.00. The lowest BCUT2D eigenvalue weighted by Gasteiger charge is -2.20. The van der Waals surface area contributed by atoms with Gasteiger partial charge in [0.15, 0.2) is 0 Å². The van der Waals surface area contributed by atoms with Gasteiger partial charge in [-0.25, -0.2) is 0 Å². The summed E-state index contributed by atoms with van der Waals surface area (Å²) >= 11 is 0. The van der Waals surface area contributed by atoms with Crippen molar-refractivity contribution in [3.05, 3.63) is 34.9 Å². The number of benzene rings is 1. The van der Waals surface area contributed by atoms with Gasteiger partial charge >= 0.3 is 0 Å². The van der Waals surface area contributed by atoms with E-state index in [1.807, 2.05) is 0 Å². The summed E-state index contributed by atoms with van der Waals surface area (Å²) in [6.07, 6.45) is 23.7. The molecule has 0 nitrogen and oxygen atoms in total. The third-order valence-corrected chi connectivity index (χ3v) is 9.64. The van der Waals surface area contributed by atoms with Crippen LogP contribution in [0.15, 0.2) is 18.2 Å². The predicted molar refractivity (Wildman–Crippen MR) is 183 cm³/mol. The predicted octanol–water partition coefficient (Wildman–Crippen LogP) is 13.4. The van der Waals surface area contributed by atoms with E-state index in [2.05, 4.69) is 87.4 Å². The van der Waals surface area contributed by atoms with Crippen LogP contribution in [-0.2, 0) is 12.8 Å². The molecule has 5 unspecified atom stereocenters. The van der Waals surface area contributed by atoms with Crippen molar-refractivity contribution in [3.63, 3.8) is 0 Å². The highest BCUT2D eigenvalue weighted by Crippen LogP contribution is 2.26. The van der Waals surface area contributed by atoms with Gasteiger partial charge in [0.2, 0.25) is 0 Å². The van der Waals surface area contributed by atoms with Crippen molar-refractivity contribution in [2.45, 2.75) is 178 Å². The topological polar surface area (TPSA) is 0 Å². The molecular formula is C40H74. The number of rotatable bonds is 24. The lowest BCUT2D eigenvalue weighted by molar-refractivity contribution is 0.377. The van der Waals surface area contributed by atoms with Gasteiger partial charge in [0, 0.05) is 0 Å². The van der Waals surface area contributed by atoms with E-state index in [1.165, 1.54) is 115 Å². The van der Waals surface area contributed by atoms with E-state index in [4.69, 9.17) is 0 Å². The van der Waals surface area contributed by atoms with Crippen molar-refractivity contribution in [1.82, 2.24) is 0 Å². The van der Waals surface area contributed by atoms with Crippen molar-refractivity contribution in [2.75, 3.05) is 0 Å². The Hall–Kier alpha value is -0.780. The van der Waals surface area contributed by atoms with Gasteiger partial charge in [-0.2, -0.15) is 0 Å². The SMILES string of the molecule is Cc1ccc(CC(C)CCCC(C)CCCC(C)CCCC(C)C)c(CC(C)CCCC(C)CCCC(C)C)c1. The normalized spacial score (nSPS) is 15.9. The van der Waals surface area contributed by atoms with E-state index in [1.54, 1.807) is 11.1 Å². The third kappa shape index (κ3) is 19.4. The van der Waals surface area contributed by atoms with E-state index >= 15 is 0 Å². The van der Waals surface area contributed by atoms with E-state index in [-0.39, 0.29) is 0 Å². The van der Waals surface area contributed by atoms with Crippen LogP contribution in [0, 0.1) is 48.3 Å². The van der Waals surface area contributed by atoms with Crippen LogP contribution in [0.2, 0.25) is 0 Å². The van der Waals surface area contributed by atoms with E-state index in [0.29, 0.717) is 0 Å². The first-order chi connectivity index (χ1) is 19.0. The molecule has 0 heteroatoms. The largest absolute Gasteiger partial charge is 0.0628 e. The molecule has 0 aliphatic heterocycles. The fourth-order valence-corrected chi connectivity index (χ4v) is 6.73. The average Bonchev–Trinajstić information content (AvgIpc) is 2.85. The molecule has 40 heavy (non-hydrogen) atoms. The highest BCUT2D eigenvalue weighted by Gasteiger charge is 2.13. The second kappa shape index (κ2) is 21.9. The van der Waals surface area contributed by atoms with Crippen LogP contribution in [-0.4, -0.2) is 0 Å². The number of aryl methyl sites for hydroxylation is 1. The molecule has 0 aliphatic carbocycles. The zero-order valence-electron chi connectivity index (χ0n) is 29.3. The van der Waals surface area contributed by atoms with Gasteiger partial charge in [0.1, 0.15) is 0 Å². The second-order valence-corrected chi connectivity index (χ2v) is 15.6. The van der Waals surface area contributed by atoms with Crippen LogP contribution < -0.4 is 0 Å². The first kappa shape index (κ1) is 37.2. The van der Waals surface area contributed by atoms with Crippen molar-refractivity contribution in [3.8, 4) is 0 Å². The fraction of sp³-hybridized carbons (Fsp3) is 0.850. The summed E-state index contributed by atoms with van der Waals surface area (Å²) < 4.78 is 0. The fourth-order valence-electron chi connectivity index (χ4n) is 6.73. The van der Waals surface area contributed by atoms with Gasteiger partial charge in [0.05, 0.1) is 0 Å². The molecule has 0 amide bonds. The molecule has 0 saturated heterocycles. The van der Waals surface area contributed by atoms with Gasteiger partial charge in [-0.1, -0.05) is 182 Å². The summed E-state index contributed by atoms with van der Waals surface area (Å²) in [6.45, 7) is 24.1. The zero-order valence-corrected chi connectivity index (χ0v) is 29.3. The Labute approximate surface area is 254 Å². The van der Waals surface area contributed by atoms with Crippen LogP contribution in [0.4, 0.5) is 0 Å². The summed E-state index contributed by atoms with van der Waals surface area (Å²) in [5, 5.41) is 0. The van der Waals surface area contributed by atoms with Crippen molar-refractivity contribution in [2.24, 2.45) is 41.4 Å². The maximum absolute atomic E-state index is 2.50. The van der Waals surface area contributed by atoms with Gasteiger partial charge in [-0.05, 0) is 72.3 Å². The minimum absolute atomic E-state index is 0.789. The third-order valence-electron chi connectivity index (χ3n) is 9.64. The maximum atomic E-state index is 2.50. The molecule has 1 rings (SSSR count). The highest BCUT2D eigenvalue weighted by atomic mass is 14.2. The molecule has 5 atom stereocenters. The summed E-state index contributed by atoms with van der Waals surface area (Å²) in [5.41, 5.74) is 4.70. The Morgan fingerprint density at radius 2 is 0.725 bits per heavy atom. The van der Waals surface area contributed by atoms with Crippen LogP contribution in [0.3, 0.4) is 0 Å². The molecule has 234 valence electrons. The molecule has 1 aromatic rings. The Morgan fingerprint density at radius 1 is 0.400 bits per heavy atom. The van der Waals surface area contributed by atoms with Crippen LogP contribution in [0.5, 0.6) is 0 Å². The Balaban J connectivity index is 2.34. The highest BCUT2D eigenvalue weighted by molar-refractivity contribution is 5.32. The van der Waals surface area contributed by atoms with Crippen LogP contribution >= 0.6 is 0 Å². The van der Waals surface area contributed by atoms with Gasteiger partial charge in [0.25, 0.3) is 0 Å². The minimum Gasteiger partial charge on any atom is -0.0628 e. The molecule has 0 aromatic heterocycles. The maximum Gasteiger partial charge on any atom is -0.0250 e. The molecule has 0 spiro atoms. The Bertz CT molecular complexity index is 728. The molecule has 1 aromatic carbocycles. The zero-order chi connectivity index (χ0) is 29.9. The number of hydrogen-bond donors (Lipinski definition) is 0. The average molecular weight is 555 g/mol. The molecule has 0 fully saturated rings. The molecule has 0 heterocycles. The molecule has 0 N–H and O–H groups in total. The standard InChI is InChI=1S/C40H74/c1-31(2)16-11-18-33(5)20-13-21-35(7)23-14-24-36(8)28-39-27-26-38(10)30-40(39)29-37(9)25-15-22-34(6)19-12-17-32(3)4/h26-27,30-37H,11-25,28-29H2,1-10H3. The van der Waals surface area contributed by atoms with Gasteiger partial charge in [-0.15, -0.1) is 0 Å². The first-order valence-electron chi connectivity index (χ1n) is 18.0. The number of hydrogen-bond acceptors (Lipinski definition) is 0. The van der Waals surface area contributed by atoms with E-state index in [0.717, 1.165) is 41.4 Å². The van der Waals surface area contributed by atoms with Gasteiger partial charge in [-0.3, -0.25) is 0 Å². The molecule has 0 radical (unpaired) electrons. The Morgan fingerprint density at radius 3 is 1.10 bits per heavy atom. The molecular weight excluding hydrogens is 480 g/mol. The quantitative estimate of drug-likeness (QED) is 0.119. The summed E-state index contributed by atoms with van der Waals surface area (Å²) in [4.78, 5) is 0. The first-order valence-corrected chi connectivity index (χ1v) is 18.0. The molecule has 0 aliphatic rings. The minimum atomic E-state index is 0.789. The summed E-state index contributed by atoms with van der Waals surface area (Å²) in [6, 6.07) is 7.30. The van der Waals surface area contributed by atoms with Crippen LogP contribution in [0.1, 0.15) is 175 Å². The smallest absolute Gasteiger partial charge is 0.0250 e. The van der Waals surface area contributed by atoms with Crippen LogP contribution in [0.25, 0.3) is 0 Å². The van der Waals surface area contributed by atoms with E-state index < -0.39 is 0 Å². The lowest BCUT2D eigenvalue weighted by Crippen LogP contribution is -2.08.